The van der Waals surface area contributed by atoms with Gasteiger partial charge in [-0.05, 0) is 12.0 Å². The van der Waals surface area contributed by atoms with E-state index in [1.807, 2.05) is 0 Å². The van der Waals surface area contributed by atoms with Crippen molar-refractivity contribution in [1.29, 1.82) is 0 Å². The van der Waals surface area contributed by atoms with E-state index in [1.165, 1.54) is 11.3 Å². The molecule has 2 rings (SSSR count). The minimum absolute atomic E-state index is 0.0420. The molecule has 0 fully saturated rings. The van der Waals surface area contributed by atoms with Gasteiger partial charge in [-0.3, -0.25) is 19.3 Å². The number of carboxylic acid groups (broad SMARTS) is 1. The highest BCUT2D eigenvalue weighted by atomic mass is 32.1. The fraction of sp³-hybridized carbons (Fsp3) is 0.364. The van der Waals surface area contributed by atoms with Crippen LogP contribution in [0, 0.1) is 0 Å². The SMILES string of the molecule is NC(=O)c1c(NC=O)sc2c1CCN(CC(=O)O)C2. The largest absolute Gasteiger partial charge is 0.480 e. The molecule has 1 aliphatic heterocycles. The summed E-state index contributed by atoms with van der Waals surface area (Å²) in [5, 5.41) is 11.7. The average molecular weight is 283 g/mol. The normalized spacial score (nSPS) is 14.7. The predicted octanol–water partition coefficient (Wildman–Crippen LogP) is -0.142. The van der Waals surface area contributed by atoms with Crippen LogP contribution < -0.4 is 11.1 Å². The molecule has 0 aliphatic carbocycles. The molecule has 1 aromatic heterocycles. The van der Waals surface area contributed by atoms with Crippen LogP contribution in [0.1, 0.15) is 20.8 Å². The summed E-state index contributed by atoms with van der Waals surface area (Å²) >= 11 is 1.27. The minimum Gasteiger partial charge on any atom is -0.480 e. The van der Waals surface area contributed by atoms with E-state index in [9.17, 15) is 14.4 Å². The fourth-order valence-electron chi connectivity index (χ4n) is 2.20. The third-order valence-corrected chi connectivity index (χ3v) is 4.08. The molecule has 0 saturated heterocycles. The molecule has 8 heteroatoms. The third-order valence-electron chi connectivity index (χ3n) is 2.93. The highest BCUT2D eigenvalue weighted by Crippen LogP contribution is 2.36. The van der Waals surface area contributed by atoms with Gasteiger partial charge in [0.25, 0.3) is 5.91 Å². The van der Waals surface area contributed by atoms with E-state index >= 15 is 0 Å². The number of carboxylic acids is 1. The Bertz CT molecular complexity index is 540. The lowest BCUT2D eigenvalue weighted by Crippen LogP contribution is -2.34. The molecule has 0 saturated carbocycles. The molecule has 0 spiro atoms. The molecule has 0 radical (unpaired) electrons. The molecule has 0 aromatic carbocycles. The van der Waals surface area contributed by atoms with Crippen LogP contribution in [0.5, 0.6) is 0 Å². The van der Waals surface area contributed by atoms with E-state index in [0.717, 1.165) is 10.4 Å². The predicted molar refractivity (Wildman–Crippen MR) is 69.1 cm³/mol. The van der Waals surface area contributed by atoms with Gasteiger partial charge in [0.15, 0.2) is 0 Å². The number of thiophene rings is 1. The molecule has 7 nitrogen and oxygen atoms in total. The van der Waals surface area contributed by atoms with Crippen LogP contribution in [0.3, 0.4) is 0 Å². The minimum atomic E-state index is -0.888. The number of hydrogen-bond donors (Lipinski definition) is 3. The molecular weight excluding hydrogens is 270 g/mol. The summed E-state index contributed by atoms with van der Waals surface area (Å²) in [6, 6.07) is 0. The van der Waals surface area contributed by atoms with Gasteiger partial charge in [-0.2, -0.15) is 0 Å². The van der Waals surface area contributed by atoms with Gasteiger partial charge in [-0.25, -0.2) is 0 Å². The van der Waals surface area contributed by atoms with Gasteiger partial charge < -0.3 is 16.2 Å². The van der Waals surface area contributed by atoms with Crippen LogP contribution >= 0.6 is 11.3 Å². The van der Waals surface area contributed by atoms with E-state index < -0.39 is 11.9 Å². The van der Waals surface area contributed by atoms with Crippen molar-refractivity contribution in [1.82, 2.24) is 4.90 Å². The van der Waals surface area contributed by atoms with Crippen LogP contribution in [0.2, 0.25) is 0 Å². The standard InChI is InChI=1S/C11H13N3O4S/c12-10(18)9-6-1-2-14(4-8(16)17)3-7(6)19-11(9)13-5-15/h5H,1-4H2,(H2,12,18)(H,13,15)(H,16,17). The van der Waals surface area contributed by atoms with E-state index in [4.69, 9.17) is 10.8 Å². The van der Waals surface area contributed by atoms with Crippen molar-refractivity contribution in [2.24, 2.45) is 5.73 Å². The van der Waals surface area contributed by atoms with Gasteiger partial charge >= 0.3 is 5.97 Å². The van der Waals surface area contributed by atoms with E-state index in [-0.39, 0.29) is 6.54 Å². The molecule has 2 amide bonds. The second-order valence-electron chi connectivity index (χ2n) is 4.19. The summed E-state index contributed by atoms with van der Waals surface area (Å²) in [5.74, 6) is -1.46. The molecule has 1 aliphatic rings. The average Bonchev–Trinajstić information content (AvgIpc) is 2.65. The number of carbonyl (C=O) groups is 3. The second kappa shape index (κ2) is 5.37. The Morgan fingerprint density at radius 2 is 2.26 bits per heavy atom. The summed E-state index contributed by atoms with van der Waals surface area (Å²) < 4.78 is 0. The number of carbonyl (C=O) groups excluding carboxylic acids is 2. The number of nitrogens with zero attached hydrogens (tertiary/aromatic N) is 1. The maximum Gasteiger partial charge on any atom is 0.317 e. The molecule has 0 unspecified atom stereocenters. The number of fused-ring (bicyclic) bond motifs is 1. The summed E-state index contributed by atoms with van der Waals surface area (Å²) in [7, 11) is 0. The number of nitrogens with two attached hydrogens (primary N) is 1. The molecule has 102 valence electrons. The van der Waals surface area contributed by atoms with Crippen LogP contribution in [0.25, 0.3) is 0 Å². The maximum absolute atomic E-state index is 11.5. The maximum atomic E-state index is 11.5. The lowest BCUT2D eigenvalue weighted by atomic mass is 10.0. The van der Waals surface area contributed by atoms with Gasteiger partial charge in [0.05, 0.1) is 12.1 Å². The van der Waals surface area contributed by atoms with E-state index in [0.29, 0.717) is 36.5 Å². The van der Waals surface area contributed by atoms with Gasteiger partial charge in [0, 0.05) is 18.0 Å². The van der Waals surface area contributed by atoms with Crippen molar-refractivity contribution in [3.8, 4) is 0 Å². The van der Waals surface area contributed by atoms with Gasteiger partial charge in [-0.15, -0.1) is 11.3 Å². The number of primary amides is 1. The number of hydrogen-bond acceptors (Lipinski definition) is 5. The molecular formula is C11H13N3O4S. The first-order chi connectivity index (χ1) is 9.02. The Hall–Kier alpha value is -1.93. The molecule has 19 heavy (non-hydrogen) atoms. The second-order valence-corrected chi connectivity index (χ2v) is 5.29. The zero-order valence-electron chi connectivity index (χ0n) is 10.0. The smallest absolute Gasteiger partial charge is 0.317 e. The van der Waals surface area contributed by atoms with Crippen LogP contribution in [-0.4, -0.2) is 41.4 Å². The van der Waals surface area contributed by atoms with Gasteiger partial charge in [0.1, 0.15) is 5.00 Å². The number of amides is 2. The lowest BCUT2D eigenvalue weighted by Gasteiger charge is -2.25. The van der Waals surface area contributed by atoms with Crippen LogP contribution in [-0.2, 0) is 22.6 Å². The molecule has 0 atom stereocenters. The summed E-state index contributed by atoms with van der Waals surface area (Å²) in [6.45, 7) is 0.962. The van der Waals surface area contributed by atoms with Crippen molar-refractivity contribution in [3.05, 3.63) is 16.0 Å². The highest BCUT2D eigenvalue weighted by molar-refractivity contribution is 7.16. The Labute approximate surface area is 113 Å². The fourth-order valence-corrected chi connectivity index (χ4v) is 3.45. The molecule has 4 N–H and O–H groups in total. The Morgan fingerprint density at radius 3 is 2.84 bits per heavy atom. The van der Waals surface area contributed by atoms with Crippen molar-refractivity contribution in [2.45, 2.75) is 13.0 Å². The number of anilines is 1. The molecule has 0 bridgehead atoms. The lowest BCUT2D eigenvalue weighted by molar-refractivity contribution is -0.138. The van der Waals surface area contributed by atoms with Gasteiger partial charge in [-0.1, -0.05) is 0 Å². The van der Waals surface area contributed by atoms with Crippen molar-refractivity contribution in [3.63, 3.8) is 0 Å². The Kier molecular flexibility index (Phi) is 3.82. The monoisotopic (exact) mass is 283 g/mol. The zero-order chi connectivity index (χ0) is 14.0. The quantitative estimate of drug-likeness (QED) is 0.651. The molecule has 2 heterocycles. The van der Waals surface area contributed by atoms with Crippen molar-refractivity contribution >= 4 is 34.6 Å². The first-order valence-corrected chi connectivity index (χ1v) is 6.43. The Morgan fingerprint density at radius 1 is 1.53 bits per heavy atom. The Balaban J connectivity index is 2.30. The van der Waals surface area contributed by atoms with Gasteiger partial charge in [0.2, 0.25) is 6.41 Å². The zero-order valence-corrected chi connectivity index (χ0v) is 10.8. The summed E-state index contributed by atoms with van der Waals surface area (Å²) in [6.07, 6.45) is 1.05. The first-order valence-electron chi connectivity index (χ1n) is 5.61. The number of rotatable bonds is 5. The highest BCUT2D eigenvalue weighted by Gasteiger charge is 2.27. The van der Waals surface area contributed by atoms with Crippen LogP contribution in [0.15, 0.2) is 0 Å². The third kappa shape index (κ3) is 2.74. The van der Waals surface area contributed by atoms with E-state index in [1.54, 1.807) is 4.90 Å². The summed E-state index contributed by atoms with van der Waals surface area (Å²) in [4.78, 5) is 35.3. The number of aliphatic carboxylic acids is 1. The number of nitrogens with one attached hydrogen (secondary N) is 1. The summed E-state index contributed by atoms with van der Waals surface area (Å²) in [5.41, 5.74) is 6.50. The van der Waals surface area contributed by atoms with Crippen LogP contribution in [0.4, 0.5) is 5.00 Å². The van der Waals surface area contributed by atoms with Crippen molar-refractivity contribution in [2.75, 3.05) is 18.4 Å². The first kappa shape index (κ1) is 13.5. The van der Waals surface area contributed by atoms with E-state index in [2.05, 4.69) is 5.32 Å². The topological polar surface area (TPSA) is 113 Å². The molecule has 1 aromatic rings. The van der Waals surface area contributed by atoms with Crippen molar-refractivity contribution < 1.29 is 19.5 Å².